The number of nitrogens with two attached hydrogens (primary N) is 1. The minimum atomic E-state index is -0.908. The van der Waals surface area contributed by atoms with Crippen LogP contribution in [0.5, 0.6) is 0 Å². The van der Waals surface area contributed by atoms with E-state index in [1.165, 1.54) is 17.9 Å². The number of nitrogen functional groups attached to an aromatic ring is 1. The van der Waals surface area contributed by atoms with Crippen LogP contribution in [0.15, 0.2) is 6.20 Å². The minimum absolute atomic E-state index is 0.161. The second-order valence-corrected chi connectivity index (χ2v) is 4.57. The van der Waals surface area contributed by atoms with Crippen LogP contribution in [-0.2, 0) is 23.2 Å². The normalized spacial score (nSPS) is 15.6. The Labute approximate surface area is 118 Å². The molecule has 2 N–H and O–H groups in total. The summed E-state index contributed by atoms with van der Waals surface area (Å²) in [6.45, 7) is -0.223. The van der Waals surface area contributed by atoms with Crippen molar-refractivity contribution in [3.63, 3.8) is 0 Å². The van der Waals surface area contributed by atoms with Gasteiger partial charge in [-0.05, 0) is 0 Å². The highest BCUT2D eigenvalue weighted by atomic mass is 16.2. The first-order chi connectivity index (χ1) is 9.90. The molecular formula is C11H11N7O3. The number of carbonyl (C=O) groups is 3. The molecule has 0 aromatic carbocycles. The Bertz CT molecular complexity index is 796. The topological polar surface area (TPSA) is 127 Å². The summed E-state index contributed by atoms with van der Waals surface area (Å²) >= 11 is 0. The predicted molar refractivity (Wildman–Crippen MR) is 69.4 cm³/mol. The Kier molecular flexibility index (Phi) is 2.61. The van der Waals surface area contributed by atoms with E-state index in [0.717, 1.165) is 9.80 Å². The number of carbonyl (C=O) groups excluding carboxylic acids is 3. The lowest BCUT2D eigenvalue weighted by molar-refractivity contribution is -0.143. The van der Waals surface area contributed by atoms with Crippen LogP contribution in [-0.4, -0.2) is 54.4 Å². The van der Waals surface area contributed by atoms with Crippen LogP contribution in [0, 0.1) is 0 Å². The van der Waals surface area contributed by atoms with Crippen molar-refractivity contribution >= 4 is 34.7 Å². The van der Waals surface area contributed by atoms with E-state index in [4.69, 9.17) is 5.73 Å². The third kappa shape index (κ3) is 1.80. The first-order valence-electron chi connectivity index (χ1n) is 5.97. The molecule has 108 valence electrons. The van der Waals surface area contributed by atoms with E-state index in [1.54, 1.807) is 7.05 Å². The number of aromatic nitrogens is 4. The molecule has 10 nitrogen and oxygen atoms in total. The van der Waals surface area contributed by atoms with Crippen molar-refractivity contribution in [1.82, 2.24) is 29.5 Å². The summed E-state index contributed by atoms with van der Waals surface area (Å²) < 4.78 is 1.50. The van der Waals surface area contributed by atoms with Gasteiger partial charge in [-0.15, -0.1) is 0 Å². The van der Waals surface area contributed by atoms with Crippen molar-refractivity contribution in [2.24, 2.45) is 7.05 Å². The third-order valence-electron chi connectivity index (χ3n) is 3.22. The second kappa shape index (κ2) is 4.23. The van der Waals surface area contributed by atoms with Gasteiger partial charge in [-0.25, -0.2) is 19.7 Å². The summed E-state index contributed by atoms with van der Waals surface area (Å²) in [5.74, 6) is -1.43. The highest BCUT2D eigenvalue weighted by Crippen LogP contribution is 2.18. The lowest BCUT2D eigenvalue weighted by Gasteiger charge is -2.12. The molecule has 2 aromatic heterocycles. The van der Waals surface area contributed by atoms with E-state index in [2.05, 4.69) is 15.1 Å². The van der Waals surface area contributed by atoms with Gasteiger partial charge in [0.25, 0.3) is 0 Å². The average Bonchev–Trinajstić information content (AvgIpc) is 2.90. The molecule has 0 unspecified atom stereocenters. The van der Waals surface area contributed by atoms with Crippen molar-refractivity contribution in [1.29, 1.82) is 0 Å². The fraction of sp³-hybridized carbons (Fsp3) is 0.273. The van der Waals surface area contributed by atoms with E-state index >= 15 is 0 Å². The average molecular weight is 289 g/mol. The molecule has 0 atom stereocenters. The minimum Gasteiger partial charge on any atom is -0.383 e. The van der Waals surface area contributed by atoms with Gasteiger partial charge in [0.1, 0.15) is 5.82 Å². The zero-order valence-corrected chi connectivity index (χ0v) is 11.3. The molecular weight excluding hydrogens is 278 g/mol. The molecule has 3 rings (SSSR count). The molecule has 0 saturated carbocycles. The fourth-order valence-electron chi connectivity index (χ4n) is 2.06. The van der Waals surface area contributed by atoms with Crippen LogP contribution in [0.1, 0.15) is 5.82 Å². The van der Waals surface area contributed by atoms with Crippen molar-refractivity contribution in [3.8, 4) is 0 Å². The van der Waals surface area contributed by atoms with Gasteiger partial charge < -0.3 is 5.73 Å². The summed E-state index contributed by atoms with van der Waals surface area (Å²) in [5.41, 5.74) is 6.28. The second-order valence-electron chi connectivity index (χ2n) is 4.57. The Morgan fingerprint density at radius 2 is 1.86 bits per heavy atom. The van der Waals surface area contributed by atoms with Gasteiger partial charge in [-0.2, -0.15) is 5.10 Å². The van der Waals surface area contributed by atoms with Gasteiger partial charge in [-0.1, -0.05) is 0 Å². The molecule has 10 heteroatoms. The van der Waals surface area contributed by atoms with Crippen LogP contribution in [0.4, 0.5) is 10.6 Å². The smallest absolute Gasteiger partial charge is 0.334 e. The van der Waals surface area contributed by atoms with E-state index in [0.29, 0.717) is 11.0 Å². The maximum absolute atomic E-state index is 11.8. The largest absolute Gasteiger partial charge is 0.383 e. The van der Waals surface area contributed by atoms with E-state index in [-0.39, 0.29) is 18.2 Å². The molecule has 0 bridgehead atoms. The van der Waals surface area contributed by atoms with Crippen molar-refractivity contribution in [2.45, 2.75) is 6.54 Å². The Balaban J connectivity index is 1.99. The number of fused-ring (bicyclic) bond motifs is 1. The highest BCUT2D eigenvalue weighted by Gasteiger charge is 2.42. The number of imide groups is 2. The third-order valence-corrected chi connectivity index (χ3v) is 3.22. The van der Waals surface area contributed by atoms with Gasteiger partial charge in [0.2, 0.25) is 0 Å². The number of aryl methyl sites for hydroxylation is 1. The zero-order chi connectivity index (χ0) is 15.3. The molecule has 1 aliphatic rings. The molecule has 1 aliphatic heterocycles. The predicted octanol–water partition coefficient (Wildman–Crippen LogP) is -1.13. The van der Waals surface area contributed by atoms with Gasteiger partial charge in [0.15, 0.2) is 11.5 Å². The quantitative estimate of drug-likeness (QED) is 0.547. The molecule has 0 spiro atoms. The molecule has 0 aliphatic carbocycles. The van der Waals surface area contributed by atoms with Gasteiger partial charge in [-0.3, -0.25) is 19.2 Å². The van der Waals surface area contributed by atoms with Crippen LogP contribution < -0.4 is 5.73 Å². The number of hydrogen-bond donors (Lipinski definition) is 1. The number of amides is 4. The van der Waals surface area contributed by atoms with Crippen LogP contribution in [0.25, 0.3) is 11.0 Å². The summed E-state index contributed by atoms with van der Waals surface area (Å²) in [5, 5.41) is 4.59. The van der Waals surface area contributed by atoms with Crippen molar-refractivity contribution in [2.75, 3.05) is 12.8 Å². The van der Waals surface area contributed by atoms with Gasteiger partial charge in [0.05, 0.1) is 18.1 Å². The maximum atomic E-state index is 11.8. The van der Waals surface area contributed by atoms with E-state index in [1.807, 2.05) is 0 Å². The molecule has 21 heavy (non-hydrogen) atoms. The first kappa shape index (κ1) is 13.0. The Morgan fingerprint density at radius 1 is 1.14 bits per heavy atom. The summed E-state index contributed by atoms with van der Waals surface area (Å²) in [6.07, 6.45) is 1.53. The SMILES string of the molecule is CN1C(=O)C(=O)N(Cc2nc(N)c3cnn(C)c3n2)C1=O. The molecule has 0 radical (unpaired) electrons. The van der Waals surface area contributed by atoms with E-state index in [9.17, 15) is 14.4 Å². The summed E-state index contributed by atoms with van der Waals surface area (Å²) in [7, 11) is 2.92. The molecule has 3 heterocycles. The van der Waals surface area contributed by atoms with Crippen LogP contribution in [0.2, 0.25) is 0 Å². The Hall–Kier alpha value is -3.04. The van der Waals surface area contributed by atoms with Gasteiger partial charge >= 0.3 is 17.8 Å². The van der Waals surface area contributed by atoms with Gasteiger partial charge in [0, 0.05) is 14.1 Å². The monoisotopic (exact) mass is 289 g/mol. The Morgan fingerprint density at radius 3 is 2.48 bits per heavy atom. The lowest BCUT2D eigenvalue weighted by Crippen LogP contribution is -2.31. The van der Waals surface area contributed by atoms with E-state index < -0.39 is 17.8 Å². The maximum Gasteiger partial charge on any atom is 0.334 e. The number of likely N-dealkylation sites (N-methyl/N-ethyl adjacent to an activating group) is 1. The number of nitrogens with zero attached hydrogens (tertiary/aromatic N) is 6. The molecule has 1 fully saturated rings. The van der Waals surface area contributed by atoms with Crippen LogP contribution >= 0.6 is 0 Å². The number of rotatable bonds is 2. The fourth-order valence-corrected chi connectivity index (χ4v) is 2.06. The van der Waals surface area contributed by atoms with Crippen LogP contribution in [0.3, 0.4) is 0 Å². The number of hydrogen-bond acceptors (Lipinski definition) is 7. The molecule has 1 saturated heterocycles. The van der Waals surface area contributed by atoms with Crippen molar-refractivity contribution < 1.29 is 14.4 Å². The number of urea groups is 1. The van der Waals surface area contributed by atoms with Crippen molar-refractivity contribution in [3.05, 3.63) is 12.0 Å². The summed E-state index contributed by atoms with van der Waals surface area (Å²) in [4.78, 5) is 44.7. The lowest BCUT2D eigenvalue weighted by atomic mass is 10.4. The first-order valence-corrected chi connectivity index (χ1v) is 5.97. The summed E-state index contributed by atoms with van der Waals surface area (Å²) in [6, 6.07) is -0.711. The number of anilines is 1. The highest BCUT2D eigenvalue weighted by molar-refractivity contribution is 6.44. The standard InChI is InChI=1S/C11H11N7O3/c1-16-9(19)10(20)18(11(16)21)4-6-14-7(12)5-3-13-17(2)8(5)15-6/h3H,4H2,1-2H3,(H2,12,14,15). The zero-order valence-electron chi connectivity index (χ0n) is 11.3. The molecule has 4 amide bonds. The molecule has 2 aromatic rings.